The average Bonchev–Trinajstić information content (AvgIpc) is 3.13. The molecule has 1 heterocycles. The smallest absolute Gasteiger partial charge is 0.387 e. The molecule has 0 amide bonds. The molecule has 0 atom stereocenters. The van der Waals surface area contributed by atoms with Crippen LogP contribution in [0, 0.1) is 0 Å². The fraction of sp³-hybridized carbons (Fsp3) is 0.500. The maximum atomic E-state index is 12.8. The first-order chi connectivity index (χ1) is 13.6. The third-order valence-corrected chi connectivity index (χ3v) is 3.77. The summed E-state index contributed by atoms with van der Waals surface area (Å²) in [6.07, 6.45) is 1.66. The van der Waals surface area contributed by atoms with Crippen molar-refractivity contribution < 1.29 is 18.3 Å². The monoisotopic (exact) mass is 524 g/mol. The number of aliphatic imine (C=N–C) groups is 1. The summed E-state index contributed by atoms with van der Waals surface area (Å²) in [6.45, 7) is 5.08. The van der Waals surface area contributed by atoms with Gasteiger partial charge in [-0.25, -0.2) is 4.99 Å². The van der Waals surface area contributed by atoms with E-state index in [2.05, 4.69) is 30.6 Å². The highest BCUT2D eigenvalue weighted by molar-refractivity contribution is 14.0. The normalized spacial score (nSPS) is 11.2. The van der Waals surface area contributed by atoms with Crippen LogP contribution in [-0.2, 0) is 19.6 Å². The van der Waals surface area contributed by atoms with Crippen LogP contribution in [0.4, 0.5) is 8.78 Å². The van der Waals surface area contributed by atoms with Crippen molar-refractivity contribution in [3.63, 3.8) is 0 Å². The summed E-state index contributed by atoms with van der Waals surface area (Å²) < 4.78 is 37.7. The van der Waals surface area contributed by atoms with Crippen LogP contribution in [0.15, 0.2) is 29.5 Å². The third-order valence-electron chi connectivity index (χ3n) is 3.77. The summed E-state index contributed by atoms with van der Waals surface area (Å²) in [5, 5.41) is 14.2. The van der Waals surface area contributed by atoms with Crippen molar-refractivity contribution in [3.05, 3.63) is 35.9 Å². The second kappa shape index (κ2) is 13.1. The molecule has 0 spiro atoms. The van der Waals surface area contributed by atoms with Crippen molar-refractivity contribution in [2.45, 2.75) is 47.0 Å². The topological polar surface area (TPSA) is 85.6 Å². The molecule has 1 aromatic heterocycles. The van der Waals surface area contributed by atoms with E-state index >= 15 is 0 Å². The van der Waals surface area contributed by atoms with E-state index in [9.17, 15) is 8.78 Å². The second-order valence-corrected chi connectivity index (χ2v) is 5.64. The van der Waals surface area contributed by atoms with Gasteiger partial charge in [-0.1, -0.05) is 12.1 Å². The van der Waals surface area contributed by atoms with E-state index in [-0.39, 0.29) is 42.0 Å². The standard InChI is InChI=1S/C18H26F2N6O2.HI/c1-4-21-18(23-11-15-25-24-12-26(15)5-2)22-10-13-8-7-9-14(27-6-3)16(13)28-17(19)20;/h7-9,12,17H,4-6,10-11H2,1-3H3,(H2,21,22,23);1H. The molecule has 0 saturated heterocycles. The molecule has 11 heteroatoms. The van der Waals surface area contributed by atoms with Gasteiger partial charge >= 0.3 is 6.61 Å². The fourth-order valence-electron chi connectivity index (χ4n) is 2.53. The lowest BCUT2D eigenvalue weighted by atomic mass is 10.2. The van der Waals surface area contributed by atoms with Crippen molar-refractivity contribution in [1.82, 2.24) is 25.4 Å². The van der Waals surface area contributed by atoms with E-state index in [1.807, 2.05) is 18.4 Å². The number of guanidine groups is 1. The van der Waals surface area contributed by atoms with Crippen LogP contribution in [0.3, 0.4) is 0 Å². The summed E-state index contributed by atoms with van der Waals surface area (Å²) in [6, 6.07) is 4.99. The van der Waals surface area contributed by atoms with Gasteiger partial charge in [-0.15, -0.1) is 34.2 Å². The summed E-state index contributed by atoms with van der Waals surface area (Å²) in [5.41, 5.74) is 0.500. The van der Waals surface area contributed by atoms with Crippen molar-refractivity contribution in [1.29, 1.82) is 0 Å². The van der Waals surface area contributed by atoms with E-state index < -0.39 is 6.61 Å². The summed E-state index contributed by atoms with van der Waals surface area (Å²) in [4.78, 5) is 4.46. The van der Waals surface area contributed by atoms with Gasteiger partial charge < -0.3 is 24.7 Å². The molecule has 0 aliphatic heterocycles. The lowest BCUT2D eigenvalue weighted by Gasteiger charge is -2.15. The van der Waals surface area contributed by atoms with Gasteiger partial charge in [0.2, 0.25) is 0 Å². The van der Waals surface area contributed by atoms with Crippen molar-refractivity contribution in [2.75, 3.05) is 13.2 Å². The number of hydrogen-bond donors (Lipinski definition) is 2. The number of aromatic nitrogens is 3. The Balaban J connectivity index is 0.00000420. The molecular weight excluding hydrogens is 497 g/mol. The molecule has 1 aromatic carbocycles. The maximum absolute atomic E-state index is 12.8. The summed E-state index contributed by atoms with van der Waals surface area (Å²) in [5.74, 6) is 1.57. The number of ether oxygens (including phenoxy) is 2. The van der Waals surface area contributed by atoms with Crippen LogP contribution in [-0.4, -0.2) is 40.5 Å². The van der Waals surface area contributed by atoms with Crippen LogP contribution in [0.25, 0.3) is 0 Å². The molecule has 162 valence electrons. The molecule has 0 unspecified atom stereocenters. The molecule has 0 saturated carbocycles. The highest BCUT2D eigenvalue weighted by Gasteiger charge is 2.15. The minimum absolute atomic E-state index is 0. The van der Waals surface area contributed by atoms with E-state index in [0.29, 0.717) is 31.2 Å². The van der Waals surface area contributed by atoms with Gasteiger partial charge in [-0.3, -0.25) is 0 Å². The number of alkyl halides is 2. The van der Waals surface area contributed by atoms with Crippen LogP contribution >= 0.6 is 24.0 Å². The first kappa shape index (κ1) is 24.9. The van der Waals surface area contributed by atoms with Crippen molar-refractivity contribution in [3.8, 4) is 11.5 Å². The first-order valence-electron chi connectivity index (χ1n) is 9.17. The Bertz CT molecular complexity index is 773. The number of aryl methyl sites for hydroxylation is 1. The van der Waals surface area contributed by atoms with Gasteiger partial charge in [0.25, 0.3) is 0 Å². The number of hydrogen-bond acceptors (Lipinski definition) is 5. The second-order valence-electron chi connectivity index (χ2n) is 5.64. The predicted molar refractivity (Wildman–Crippen MR) is 117 cm³/mol. The van der Waals surface area contributed by atoms with Crippen LogP contribution in [0.1, 0.15) is 32.2 Å². The number of nitrogens with one attached hydrogen (secondary N) is 2. The zero-order valence-corrected chi connectivity index (χ0v) is 19.0. The quantitative estimate of drug-likeness (QED) is 0.282. The van der Waals surface area contributed by atoms with Gasteiger partial charge in [0.1, 0.15) is 6.33 Å². The minimum atomic E-state index is -2.95. The largest absolute Gasteiger partial charge is 0.490 e. The van der Waals surface area contributed by atoms with Crippen LogP contribution in [0.2, 0.25) is 0 Å². The van der Waals surface area contributed by atoms with Crippen LogP contribution < -0.4 is 20.1 Å². The molecule has 0 fully saturated rings. The van der Waals surface area contributed by atoms with Crippen LogP contribution in [0.5, 0.6) is 11.5 Å². The number of para-hydroxylation sites is 1. The van der Waals surface area contributed by atoms with Gasteiger partial charge in [-0.05, 0) is 26.8 Å². The Morgan fingerprint density at radius 3 is 2.69 bits per heavy atom. The molecular formula is C18H27F2IN6O2. The zero-order chi connectivity index (χ0) is 20.4. The molecule has 0 bridgehead atoms. The Morgan fingerprint density at radius 2 is 2.03 bits per heavy atom. The molecule has 8 nitrogen and oxygen atoms in total. The molecule has 0 radical (unpaired) electrons. The van der Waals surface area contributed by atoms with Gasteiger partial charge in [0, 0.05) is 18.7 Å². The lowest BCUT2D eigenvalue weighted by molar-refractivity contribution is -0.0520. The highest BCUT2D eigenvalue weighted by Crippen LogP contribution is 2.33. The van der Waals surface area contributed by atoms with E-state index in [4.69, 9.17) is 4.74 Å². The highest BCUT2D eigenvalue weighted by atomic mass is 127. The molecule has 29 heavy (non-hydrogen) atoms. The number of halogens is 3. The Labute approximate surface area is 186 Å². The molecule has 2 rings (SSSR count). The fourth-order valence-corrected chi connectivity index (χ4v) is 2.53. The first-order valence-corrected chi connectivity index (χ1v) is 9.17. The summed E-state index contributed by atoms with van der Waals surface area (Å²) >= 11 is 0. The number of benzene rings is 1. The van der Waals surface area contributed by atoms with Gasteiger partial charge in [-0.2, -0.15) is 8.78 Å². The lowest BCUT2D eigenvalue weighted by Crippen LogP contribution is -2.37. The Hall–Kier alpha value is -2.18. The van der Waals surface area contributed by atoms with Crippen molar-refractivity contribution in [2.24, 2.45) is 4.99 Å². The predicted octanol–water partition coefficient (Wildman–Crippen LogP) is 3.17. The SMILES string of the molecule is CCNC(=NCc1cccc(OCC)c1OC(F)F)NCc1nncn1CC.I. The van der Waals surface area contributed by atoms with E-state index in [1.54, 1.807) is 31.5 Å². The van der Waals surface area contributed by atoms with Gasteiger partial charge in [0.05, 0.1) is 19.7 Å². The Kier molecular flexibility index (Phi) is 11.2. The average molecular weight is 524 g/mol. The van der Waals surface area contributed by atoms with E-state index in [0.717, 1.165) is 12.4 Å². The molecule has 2 aromatic rings. The minimum Gasteiger partial charge on any atom is -0.490 e. The number of rotatable bonds is 10. The molecule has 2 N–H and O–H groups in total. The van der Waals surface area contributed by atoms with E-state index in [1.165, 1.54) is 0 Å². The number of nitrogens with zero attached hydrogens (tertiary/aromatic N) is 4. The molecule has 0 aliphatic carbocycles. The maximum Gasteiger partial charge on any atom is 0.387 e. The molecule has 0 aliphatic rings. The zero-order valence-electron chi connectivity index (χ0n) is 16.7. The third kappa shape index (κ3) is 7.63. The summed E-state index contributed by atoms with van der Waals surface area (Å²) in [7, 11) is 0. The van der Waals surface area contributed by atoms with Crippen molar-refractivity contribution >= 4 is 29.9 Å². The van der Waals surface area contributed by atoms with Gasteiger partial charge in [0.15, 0.2) is 23.3 Å². The Morgan fingerprint density at radius 1 is 1.24 bits per heavy atom.